The molecule has 1 N–H and O–H groups in total. The molecule has 0 amide bonds. The highest BCUT2D eigenvalue weighted by Gasteiger charge is 2.10. The number of aliphatic hydroxyl groups excluding tert-OH is 1. The van der Waals surface area contributed by atoms with Crippen LogP contribution in [0.2, 0.25) is 0 Å². The van der Waals surface area contributed by atoms with E-state index in [0.717, 1.165) is 15.9 Å². The second-order valence-corrected chi connectivity index (χ2v) is 5.02. The molecule has 1 aromatic carbocycles. The molecule has 5 heteroatoms. The maximum absolute atomic E-state index is 9.72. The highest BCUT2D eigenvalue weighted by atomic mass is 79.9. The zero-order chi connectivity index (χ0) is 13.1. The van der Waals surface area contributed by atoms with Crippen LogP contribution in [-0.2, 0) is 13.7 Å². The normalized spacial score (nSPS) is 12.4. The molecule has 2 aromatic rings. The lowest BCUT2D eigenvalue weighted by Gasteiger charge is -2.13. The molecule has 18 heavy (non-hydrogen) atoms. The molecule has 0 aliphatic heterocycles. The first-order valence-corrected chi connectivity index (χ1v) is 6.43. The third-order valence-corrected chi connectivity index (χ3v) is 3.19. The molecule has 0 fully saturated rings. The van der Waals surface area contributed by atoms with Crippen LogP contribution >= 0.6 is 15.9 Å². The summed E-state index contributed by atoms with van der Waals surface area (Å²) in [6.45, 7) is 2.10. The third kappa shape index (κ3) is 2.91. The van der Waals surface area contributed by atoms with Gasteiger partial charge in [0.05, 0.1) is 6.10 Å². The van der Waals surface area contributed by atoms with Crippen LogP contribution < -0.4 is 4.74 Å². The number of rotatable bonds is 4. The van der Waals surface area contributed by atoms with E-state index in [2.05, 4.69) is 20.9 Å². The number of halogens is 1. The number of hydrogen-bond donors (Lipinski definition) is 1. The minimum absolute atomic E-state index is 0.380. The predicted octanol–water partition coefficient (Wildman–Crippen LogP) is 2.81. The Kier molecular flexibility index (Phi) is 4.04. The molecule has 0 saturated heterocycles. The Hall–Kier alpha value is -1.33. The number of imidazole rings is 1. The lowest BCUT2D eigenvalue weighted by atomic mass is 10.1. The molecule has 0 bridgehead atoms. The van der Waals surface area contributed by atoms with Crippen molar-refractivity contribution < 1.29 is 9.84 Å². The summed E-state index contributed by atoms with van der Waals surface area (Å²) in [7, 11) is 1.92. The molecular weight excluding hydrogens is 296 g/mol. The molecule has 0 saturated carbocycles. The molecule has 96 valence electrons. The van der Waals surface area contributed by atoms with Crippen molar-refractivity contribution in [2.45, 2.75) is 19.6 Å². The smallest absolute Gasteiger partial charge is 0.146 e. The third-order valence-electron chi connectivity index (χ3n) is 2.70. The number of ether oxygens (including phenoxy) is 1. The first-order chi connectivity index (χ1) is 8.58. The minimum atomic E-state index is -0.570. The van der Waals surface area contributed by atoms with Gasteiger partial charge in [0.1, 0.15) is 18.2 Å². The van der Waals surface area contributed by atoms with Gasteiger partial charge in [-0.2, -0.15) is 0 Å². The van der Waals surface area contributed by atoms with Gasteiger partial charge >= 0.3 is 0 Å². The van der Waals surface area contributed by atoms with Crippen molar-refractivity contribution in [2.75, 3.05) is 0 Å². The van der Waals surface area contributed by atoms with Crippen molar-refractivity contribution in [3.8, 4) is 5.75 Å². The Morgan fingerprint density at radius 3 is 2.89 bits per heavy atom. The maximum Gasteiger partial charge on any atom is 0.146 e. The van der Waals surface area contributed by atoms with Gasteiger partial charge in [0.25, 0.3) is 0 Å². The van der Waals surface area contributed by atoms with Gasteiger partial charge in [0.2, 0.25) is 0 Å². The first-order valence-electron chi connectivity index (χ1n) is 5.64. The van der Waals surface area contributed by atoms with E-state index >= 15 is 0 Å². The highest BCUT2D eigenvalue weighted by Crippen LogP contribution is 2.28. The maximum atomic E-state index is 9.72. The molecule has 2 rings (SSSR count). The van der Waals surface area contributed by atoms with Gasteiger partial charge in [0, 0.05) is 29.5 Å². The number of nitrogens with zero attached hydrogens (tertiary/aromatic N) is 2. The van der Waals surface area contributed by atoms with Gasteiger partial charge < -0.3 is 14.4 Å². The molecule has 4 nitrogen and oxygen atoms in total. The van der Waals surface area contributed by atoms with Crippen LogP contribution in [0, 0.1) is 0 Å². The molecule has 1 atom stereocenters. The highest BCUT2D eigenvalue weighted by molar-refractivity contribution is 9.10. The summed E-state index contributed by atoms with van der Waals surface area (Å²) >= 11 is 3.38. The van der Waals surface area contributed by atoms with Crippen molar-refractivity contribution >= 4 is 15.9 Å². The fraction of sp³-hybridized carbons (Fsp3) is 0.308. The molecule has 0 aliphatic carbocycles. The number of benzene rings is 1. The average molecular weight is 311 g/mol. The Labute approximate surface area is 114 Å². The van der Waals surface area contributed by atoms with Gasteiger partial charge in [0.15, 0.2) is 0 Å². The lowest BCUT2D eigenvalue weighted by Crippen LogP contribution is -2.05. The van der Waals surface area contributed by atoms with Crippen LogP contribution in [0.5, 0.6) is 5.75 Å². The van der Waals surface area contributed by atoms with E-state index in [4.69, 9.17) is 4.74 Å². The van der Waals surface area contributed by atoms with Crippen molar-refractivity contribution in [1.29, 1.82) is 0 Å². The molecule has 0 radical (unpaired) electrons. The second-order valence-electron chi connectivity index (χ2n) is 4.10. The zero-order valence-electron chi connectivity index (χ0n) is 10.3. The quantitative estimate of drug-likeness (QED) is 0.944. The Balaban J connectivity index is 2.16. The van der Waals surface area contributed by atoms with Crippen LogP contribution in [-0.4, -0.2) is 14.7 Å². The lowest BCUT2D eigenvalue weighted by molar-refractivity contribution is 0.189. The summed E-state index contributed by atoms with van der Waals surface area (Å²) in [5.41, 5.74) is 0.763. The summed E-state index contributed by atoms with van der Waals surface area (Å²) in [4.78, 5) is 4.19. The van der Waals surface area contributed by atoms with Gasteiger partial charge in [-0.15, -0.1) is 0 Å². The summed E-state index contributed by atoms with van der Waals surface area (Å²) < 4.78 is 8.54. The van der Waals surface area contributed by atoms with Crippen molar-refractivity contribution in [3.63, 3.8) is 0 Å². The Morgan fingerprint density at radius 1 is 1.50 bits per heavy atom. The van der Waals surface area contributed by atoms with Gasteiger partial charge in [-0.1, -0.05) is 15.9 Å². The first kappa shape index (κ1) is 13.1. The topological polar surface area (TPSA) is 47.3 Å². The van der Waals surface area contributed by atoms with E-state index in [9.17, 15) is 5.11 Å². The average Bonchev–Trinajstić information content (AvgIpc) is 2.73. The number of aliphatic hydroxyl groups is 1. The van der Waals surface area contributed by atoms with Crippen molar-refractivity contribution in [3.05, 3.63) is 46.5 Å². The summed E-state index contributed by atoms with van der Waals surface area (Å²) in [6.07, 6.45) is 3.03. The van der Waals surface area contributed by atoms with Crippen LogP contribution in [0.4, 0.5) is 0 Å². The van der Waals surface area contributed by atoms with Gasteiger partial charge in [-0.05, 0) is 25.1 Å². The van der Waals surface area contributed by atoms with E-state index in [-0.39, 0.29) is 0 Å². The Morgan fingerprint density at radius 2 is 2.28 bits per heavy atom. The summed E-state index contributed by atoms with van der Waals surface area (Å²) in [5.74, 6) is 1.52. The fourth-order valence-electron chi connectivity index (χ4n) is 1.66. The number of aryl methyl sites for hydroxylation is 1. The fourth-order valence-corrected chi connectivity index (χ4v) is 2.03. The van der Waals surface area contributed by atoms with Crippen LogP contribution in [0.25, 0.3) is 0 Å². The zero-order valence-corrected chi connectivity index (χ0v) is 11.9. The van der Waals surface area contributed by atoms with E-state index in [1.165, 1.54) is 0 Å². The van der Waals surface area contributed by atoms with Crippen LogP contribution in [0.3, 0.4) is 0 Å². The minimum Gasteiger partial charge on any atom is -0.485 e. The number of hydrogen-bond acceptors (Lipinski definition) is 3. The van der Waals surface area contributed by atoms with E-state index < -0.39 is 6.10 Å². The van der Waals surface area contributed by atoms with E-state index in [1.54, 1.807) is 13.1 Å². The molecule has 0 spiro atoms. The Bertz CT molecular complexity index is 538. The van der Waals surface area contributed by atoms with E-state index in [1.807, 2.05) is 36.0 Å². The molecule has 1 aromatic heterocycles. The molecule has 0 aliphatic rings. The molecular formula is C13H15BrN2O2. The standard InChI is InChI=1S/C13H15BrN2O2/c1-9(17)11-7-10(14)3-4-12(11)18-8-13-15-5-6-16(13)2/h3-7,9,17H,8H2,1-2H3. The second kappa shape index (κ2) is 5.54. The SMILES string of the molecule is CC(O)c1cc(Br)ccc1OCc1nccn1C. The molecule has 1 heterocycles. The van der Waals surface area contributed by atoms with Gasteiger partial charge in [-0.25, -0.2) is 4.98 Å². The van der Waals surface area contributed by atoms with Crippen molar-refractivity contribution in [1.82, 2.24) is 9.55 Å². The largest absolute Gasteiger partial charge is 0.485 e. The molecule has 1 unspecified atom stereocenters. The van der Waals surface area contributed by atoms with Gasteiger partial charge in [-0.3, -0.25) is 0 Å². The predicted molar refractivity (Wildman–Crippen MR) is 72.3 cm³/mol. The van der Waals surface area contributed by atoms with Crippen molar-refractivity contribution in [2.24, 2.45) is 7.05 Å². The van der Waals surface area contributed by atoms with Crippen LogP contribution in [0.15, 0.2) is 35.1 Å². The summed E-state index contributed by atoms with van der Waals surface area (Å²) in [5, 5.41) is 9.72. The monoisotopic (exact) mass is 310 g/mol. The van der Waals surface area contributed by atoms with Crippen LogP contribution in [0.1, 0.15) is 24.4 Å². The summed E-state index contributed by atoms with van der Waals surface area (Å²) in [6, 6.07) is 5.59. The number of aromatic nitrogens is 2. The van der Waals surface area contributed by atoms with E-state index in [0.29, 0.717) is 12.4 Å².